The summed E-state index contributed by atoms with van der Waals surface area (Å²) >= 11 is 0. The molecule has 0 aliphatic carbocycles. The predicted octanol–water partition coefficient (Wildman–Crippen LogP) is 2.45. The quantitative estimate of drug-likeness (QED) is 0.939. The Morgan fingerprint density at radius 3 is 2.87 bits per heavy atom. The lowest BCUT2D eigenvalue weighted by atomic mass is 10.0. The van der Waals surface area contributed by atoms with Crippen LogP contribution in [0.25, 0.3) is 0 Å². The normalized spacial score (nSPS) is 18.3. The average molecular weight is 314 g/mol. The van der Waals surface area contributed by atoms with E-state index < -0.39 is 5.43 Å². The molecular formula is C18H22N2O3. The van der Waals surface area contributed by atoms with E-state index in [-0.39, 0.29) is 5.75 Å². The Hall–Kier alpha value is -2.27. The summed E-state index contributed by atoms with van der Waals surface area (Å²) in [5.74, 6) is 0.233. The van der Waals surface area contributed by atoms with Crippen LogP contribution in [-0.2, 0) is 6.54 Å². The Morgan fingerprint density at radius 1 is 1.35 bits per heavy atom. The van der Waals surface area contributed by atoms with Crippen molar-refractivity contribution in [2.45, 2.75) is 25.4 Å². The highest BCUT2D eigenvalue weighted by atomic mass is 16.4. The van der Waals surface area contributed by atoms with E-state index in [4.69, 9.17) is 4.42 Å². The number of para-hydroxylation sites is 1. The Bertz CT molecular complexity index is 699. The Kier molecular flexibility index (Phi) is 4.67. The van der Waals surface area contributed by atoms with E-state index in [0.717, 1.165) is 32.2 Å². The smallest absolute Gasteiger partial charge is 0.226 e. The molecule has 23 heavy (non-hydrogen) atoms. The van der Waals surface area contributed by atoms with Gasteiger partial charge in [-0.15, -0.1) is 0 Å². The fraction of sp³-hybridized carbons (Fsp3) is 0.389. The Morgan fingerprint density at radius 2 is 2.13 bits per heavy atom. The number of hydrogen-bond acceptors (Lipinski definition) is 5. The van der Waals surface area contributed by atoms with Gasteiger partial charge in [0.25, 0.3) is 0 Å². The van der Waals surface area contributed by atoms with Gasteiger partial charge in [0, 0.05) is 30.9 Å². The number of piperidine rings is 1. The van der Waals surface area contributed by atoms with E-state index in [1.165, 1.54) is 11.8 Å². The summed E-state index contributed by atoms with van der Waals surface area (Å²) in [5.41, 5.74) is 0.857. The van der Waals surface area contributed by atoms with Gasteiger partial charge in [0.2, 0.25) is 5.43 Å². The molecule has 1 aromatic carbocycles. The minimum Gasteiger partial charge on any atom is -0.502 e. The molecule has 5 nitrogen and oxygen atoms in total. The summed E-state index contributed by atoms with van der Waals surface area (Å²) in [6, 6.07) is 12.2. The zero-order valence-electron chi connectivity index (χ0n) is 13.3. The molecule has 0 unspecified atom stereocenters. The van der Waals surface area contributed by atoms with Crippen LogP contribution in [0, 0.1) is 0 Å². The lowest BCUT2D eigenvalue weighted by Gasteiger charge is -2.38. The largest absolute Gasteiger partial charge is 0.502 e. The summed E-state index contributed by atoms with van der Waals surface area (Å²) in [6.45, 7) is 2.59. The summed E-state index contributed by atoms with van der Waals surface area (Å²) in [6.07, 6.45) is 3.38. The van der Waals surface area contributed by atoms with E-state index in [0.29, 0.717) is 18.3 Å². The van der Waals surface area contributed by atoms with Crippen LogP contribution in [0.4, 0.5) is 5.69 Å². The number of rotatable bonds is 4. The molecule has 1 fully saturated rings. The molecule has 3 rings (SSSR count). The van der Waals surface area contributed by atoms with Gasteiger partial charge in [-0.3, -0.25) is 9.69 Å². The number of anilines is 1. The van der Waals surface area contributed by atoms with Crippen molar-refractivity contribution in [3.8, 4) is 5.75 Å². The van der Waals surface area contributed by atoms with Crippen LogP contribution in [0.15, 0.2) is 51.9 Å². The molecule has 1 saturated heterocycles. The topological polar surface area (TPSA) is 56.9 Å². The number of nitrogens with zero attached hydrogens (tertiary/aromatic N) is 2. The lowest BCUT2D eigenvalue weighted by molar-refractivity contribution is 0.192. The van der Waals surface area contributed by atoms with Gasteiger partial charge in [0.15, 0.2) is 5.75 Å². The van der Waals surface area contributed by atoms with Crippen molar-refractivity contribution in [3.63, 3.8) is 0 Å². The van der Waals surface area contributed by atoms with Crippen molar-refractivity contribution in [1.82, 2.24) is 4.90 Å². The molecule has 1 aliphatic heterocycles. The van der Waals surface area contributed by atoms with Gasteiger partial charge in [-0.05, 0) is 32.0 Å². The monoisotopic (exact) mass is 314 g/mol. The Balaban J connectivity index is 1.66. The molecule has 1 atom stereocenters. The van der Waals surface area contributed by atoms with Gasteiger partial charge in [0.1, 0.15) is 12.0 Å². The molecular weight excluding hydrogens is 292 g/mol. The van der Waals surface area contributed by atoms with Gasteiger partial charge in [0.05, 0.1) is 6.54 Å². The first kappa shape index (κ1) is 15.6. The molecule has 2 aromatic rings. The average Bonchev–Trinajstić information content (AvgIpc) is 2.59. The molecule has 0 saturated carbocycles. The van der Waals surface area contributed by atoms with Crippen LogP contribution in [0.5, 0.6) is 5.75 Å². The highest BCUT2D eigenvalue weighted by Gasteiger charge is 2.24. The van der Waals surface area contributed by atoms with Crippen LogP contribution in [0.1, 0.15) is 18.6 Å². The van der Waals surface area contributed by atoms with Crippen molar-refractivity contribution in [2.24, 2.45) is 0 Å². The number of hydrogen-bond donors (Lipinski definition) is 1. The first-order valence-electron chi connectivity index (χ1n) is 7.94. The van der Waals surface area contributed by atoms with E-state index >= 15 is 0 Å². The van der Waals surface area contributed by atoms with Crippen molar-refractivity contribution in [2.75, 3.05) is 25.0 Å². The van der Waals surface area contributed by atoms with Crippen molar-refractivity contribution < 1.29 is 9.52 Å². The van der Waals surface area contributed by atoms with Gasteiger partial charge in [-0.25, -0.2) is 0 Å². The molecule has 0 amide bonds. The van der Waals surface area contributed by atoms with E-state index in [2.05, 4.69) is 34.1 Å². The molecule has 1 aromatic heterocycles. The van der Waals surface area contributed by atoms with Gasteiger partial charge < -0.3 is 14.4 Å². The fourth-order valence-electron chi connectivity index (χ4n) is 3.09. The summed E-state index contributed by atoms with van der Waals surface area (Å²) in [4.78, 5) is 16.1. The first-order chi connectivity index (χ1) is 11.1. The molecule has 122 valence electrons. The maximum atomic E-state index is 11.5. The zero-order chi connectivity index (χ0) is 16.2. The fourth-order valence-corrected chi connectivity index (χ4v) is 3.09. The van der Waals surface area contributed by atoms with Crippen LogP contribution in [0.2, 0.25) is 0 Å². The van der Waals surface area contributed by atoms with Crippen molar-refractivity contribution in [3.05, 3.63) is 58.6 Å². The van der Waals surface area contributed by atoms with Gasteiger partial charge >= 0.3 is 0 Å². The second-order valence-electron chi connectivity index (χ2n) is 6.09. The molecule has 1 N–H and O–H groups in total. The predicted molar refractivity (Wildman–Crippen MR) is 89.8 cm³/mol. The van der Waals surface area contributed by atoms with Gasteiger partial charge in [-0.2, -0.15) is 0 Å². The number of aromatic hydroxyl groups is 1. The first-order valence-corrected chi connectivity index (χ1v) is 7.94. The third-order valence-electron chi connectivity index (χ3n) is 4.41. The van der Waals surface area contributed by atoms with Crippen LogP contribution in [-0.4, -0.2) is 36.2 Å². The van der Waals surface area contributed by atoms with E-state index in [1.807, 2.05) is 13.1 Å². The minimum absolute atomic E-state index is 0.343. The molecule has 2 heterocycles. The van der Waals surface area contributed by atoms with Crippen LogP contribution < -0.4 is 10.3 Å². The van der Waals surface area contributed by atoms with Gasteiger partial charge in [-0.1, -0.05) is 18.2 Å². The summed E-state index contributed by atoms with van der Waals surface area (Å²) in [5, 5.41) is 9.26. The molecule has 0 spiro atoms. The minimum atomic E-state index is -0.394. The zero-order valence-corrected chi connectivity index (χ0v) is 13.3. The second kappa shape index (κ2) is 6.87. The standard InChI is InChI=1S/C18H22N2O3/c1-19(12-16-10-17(21)18(22)13-23-16)15-8-5-9-20(11-15)14-6-3-2-4-7-14/h2-4,6-7,10,13,15,22H,5,8-9,11-12H2,1H3/t15-/m0/s1. The van der Waals surface area contributed by atoms with E-state index in [1.54, 1.807) is 0 Å². The number of likely N-dealkylation sites (N-methyl/N-ethyl adjacent to an activating group) is 1. The highest BCUT2D eigenvalue weighted by molar-refractivity contribution is 5.46. The molecule has 5 heteroatoms. The second-order valence-corrected chi connectivity index (χ2v) is 6.09. The lowest BCUT2D eigenvalue weighted by Crippen LogP contribution is -2.46. The van der Waals surface area contributed by atoms with Crippen molar-refractivity contribution >= 4 is 5.69 Å². The van der Waals surface area contributed by atoms with Crippen molar-refractivity contribution in [1.29, 1.82) is 0 Å². The third kappa shape index (κ3) is 3.74. The van der Waals surface area contributed by atoms with E-state index in [9.17, 15) is 9.90 Å². The summed E-state index contributed by atoms with van der Waals surface area (Å²) in [7, 11) is 2.05. The maximum Gasteiger partial charge on any atom is 0.226 e. The van der Waals surface area contributed by atoms with Crippen LogP contribution in [0.3, 0.4) is 0 Å². The molecule has 0 bridgehead atoms. The third-order valence-corrected chi connectivity index (χ3v) is 4.41. The molecule has 0 radical (unpaired) electrons. The number of benzene rings is 1. The Labute approximate surface area is 135 Å². The SMILES string of the molecule is CN(Cc1cc(=O)c(O)co1)[C@H]1CCCN(c2ccccc2)C1. The summed E-state index contributed by atoms with van der Waals surface area (Å²) < 4.78 is 5.31. The maximum absolute atomic E-state index is 11.5. The molecule has 1 aliphatic rings. The van der Waals surface area contributed by atoms with Crippen LogP contribution >= 0.6 is 0 Å². The highest BCUT2D eigenvalue weighted by Crippen LogP contribution is 2.22.